The lowest BCUT2D eigenvalue weighted by Gasteiger charge is -2.30. The van der Waals surface area contributed by atoms with Crippen LogP contribution in [0.3, 0.4) is 0 Å². The topological polar surface area (TPSA) is 99.7 Å². The molecule has 2 atom stereocenters. The van der Waals surface area contributed by atoms with E-state index in [2.05, 4.69) is 20.9 Å². The molecule has 0 heterocycles. The molecule has 1 aromatic rings. The number of aliphatic imine (C=N–C) groups is 1. The van der Waals surface area contributed by atoms with E-state index in [1.807, 2.05) is 6.92 Å². The molecule has 2 unspecified atom stereocenters. The van der Waals surface area contributed by atoms with Crippen LogP contribution in [0.5, 0.6) is 0 Å². The molecule has 30 heavy (non-hydrogen) atoms. The van der Waals surface area contributed by atoms with Crippen molar-refractivity contribution in [3.8, 4) is 0 Å². The van der Waals surface area contributed by atoms with Crippen molar-refractivity contribution < 1.29 is 17.6 Å². The first kappa shape index (κ1) is 22.5. The maximum atomic E-state index is 13.8. The zero-order valence-electron chi connectivity index (χ0n) is 17.4. The Bertz CT molecular complexity index is 871. The van der Waals surface area contributed by atoms with Crippen LogP contribution in [0.4, 0.5) is 4.39 Å². The Morgan fingerprint density at radius 2 is 1.90 bits per heavy atom. The van der Waals surface area contributed by atoms with Crippen LogP contribution in [0.25, 0.3) is 0 Å². The lowest BCUT2D eigenvalue weighted by molar-refractivity contribution is -0.126. The number of sulfone groups is 1. The molecule has 2 aliphatic carbocycles. The highest BCUT2D eigenvalue weighted by atomic mass is 32.2. The van der Waals surface area contributed by atoms with Crippen molar-refractivity contribution in [2.45, 2.75) is 62.4 Å². The van der Waals surface area contributed by atoms with Crippen LogP contribution < -0.4 is 16.0 Å². The minimum absolute atomic E-state index is 0.00107. The summed E-state index contributed by atoms with van der Waals surface area (Å²) in [6, 6.07) is 5.84. The second-order valence-corrected chi connectivity index (χ2v) is 10.1. The zero-order chi connectivity index (χ0) is 21.6. The van der Waals surface area contributed by atoms with E-state index in [1.54, 1.807) is 0 Å². The molecular weight excluding hydrogens is 407 g/mol. The summed E-state index contributed by atoms with van der Waals surface area (Å²) in [5, 5.41) is 9.54. The maximum absolute atomic E-state index is 13.8. The smallest absolute Gasteiger partial charge is 0.223 e. The van der Waals surface area contributed by atoms with Gasteiger partial charge in [-0.25, -0.2) is 12.8 Å². The van der Waals surface area contributed by atoms with Crippen LogP contribution in [0.2, 0.25) is 0 Å². The molecule has 1 aromatic carbocycles. The first-order valence-corrected chi connectivity index (χ1v) is 12.4. The number of rotatable bonds is 8. The molecule has 2 saturated carbocycles. The monoisotopic (exact) mass is 438 g/mol. The van der Waals surface area contributed by atoms with Gasteiger partial charge in [0, 0.05) is 24.5 Å². The number of nitrogens with zero attached hydrogens (tertiary/aromatic N) is 1. The fraction of sp³-hybridized carbons (Fsp3) is 0.619. The summed E-state index contributed by atoms with van der Waals surface area (Å²) in [5.41, 5.74) is 0. The van der Waals surface area contributed by atoms with Crippen molar-refractivity contribution >= 4 is 21.7 Å². The van der Waals surface area contributed by atoms with Gasteiger partial charge in [-0.1, -0.05) is 18.6 Å². The van der Waals surface area contributed by atoms with Crippen molar-refractivity contribution in [1.29, 1.82) is 0 Å². The standard InChI is InChI=1S/C21H31FN4O3S/c1-2-23-21(24-12-13-30(28,29)19-9-4-3-8-18(19)22)26-17-7-5-6-15(14-17)20(27)25-16-10-11-16/h3-4,8-9,15-17H,2,5-7,10-14H2,1H3,(H,25,27)(H2,23,24,26). The molecule has 0 spiro atoms. The van der Waals surface area contributed by atoms with Gasteiger partial charge in [-0.3, -0.25) is 9.79 Å². The van der Waals surface area contributed by atoms with Crippen molar-refractivity contribution in [3.05, 3.63) is 30.1 Å². The number of hydrogen-bond acceptors (Lipinski definition) is 4. The van der Waals surface area contributed by atoms with Crippen LogP contribution in [-0.2, 0) is 14.6 Å². The molecule has 3 N–H and O–H groups in total. The number of nitrogens with one attached hydrogen (secondary N) is 3. The molecule has 7 nitrogen and oxygen atoms in total. The molecule has 0 aromatic heterocycles. The van der Waals surface area contributed by atoms with Crippen molar-refractivity contribution in [2.24, 2.45) is 10.9 Å². The Morgan fingerprint density at radius 1 is 1.13 bits per heavy atom. The number of amides is 1. The average molecular weight is 439 g/mol. The molecule has 0 aliphatic heterocycles. The Labute approximate surface area is 177 Å². The van der Waals surface area contributed by atoms with Crippen molar-refractivity contribution in [1.82, 2.24) is 16.0 Å². The molecular formula is C21H31FN4O3S. The molecule has 1 amide bonds. The highest BCUT2D eigenvalue weighted by Gasteiger charge is 2.31. The highest BCUT2D eigenvalue weighted by Crippen LogP contribution is 2.26. The Balaban J connectivity index is 1.56. The van der Waals surface area contributed by atoms with Crippen molar-refractivity contribution in [3.63, 3.8) is 0 Å². The minimum atomic E-state index is -3.75. The Morgan fingerprint density at radius 3 is 2.60 bits per heavy atom. The fourth-order valence-corrected chi connectivity index (χ4v) is 4.91. The number of hydrogen-bond donors (Lipinski definition) is 3. The second kappa shape index (κ2) is 10.2. The molecule has 0 radical (unpaired) electrons. The van der Waals surface area contributed by atoms with E-state index in [1.165, 1.54) is 18.2 Å². The fourth-order valence-electron chi connectivity index (χ4n) is 3.70. The molecule has 2 aliphatic rings. The first-order valence-electron chi connectivity index (χ1n) is 10.7. The molecule has 3 rings (SSSR count). The second-order valence-electron chi connectivity index (χ2n) is 8.00. The summed E-state index contributed by atoms with van der Waals surface area (Å²) in [5.74, 6) is -0.358. The van der Waals surface area contributed by atoms with E-state index in [0.29, 0.717) is 18.5 Å². The number of halogens is 1. The molecule has 0 bridgehead atoms. The minimum Gasteiger partial charge on any atom is -0.357 e. The van der Waals surface area contributed by atoms with E-state index in [9.17, 15) is 17.6 Å². The van der Waals surface area contributed by atoms with Gasteiger partial charge in [0.15, 0.2) is 15.8 Å². The third kappa shape index (κ3) is 6.42. The molecule has 166 valence electrons. The van der Waals surface area contributed by atoms with Crippen LogP contribution >= 0.6 is 0 Å². The van der Waals surface area contributed by atoms with Gasteiger partial charge in [-0.05, 0) is 51.2 Å². The number of carbonyl (C=O) groups is 1. The summed E-state index contributed by atoms with van der Waals surface area (Å²) in [6.07, 6.45) is 5.68. The summed E-state index contributed by atoms with van der Waals surface area (Å²) < 4.78 is 38.6. The van der Waals surface area contributed by atoms with Gasteiger partial charge in [0.2, 0.25) is 5.91 Å². The third-order valence-electron chi connectivity index (χ3n) is 5.46. The predicted octanol–water partition coefficient (Wildman–Crippen LogP) is 1.99. The van der Waals surface area contributed by atoms with Gasteiger partial charge in [0.1, 0.15) is 10.7 Å². The zero-order valence-corrected chi connectivity index (χ0v) is 18.2. The van der Waals surface area contributed by atoms with Crippen molar-refractivity contribution in [2.75, 3.05) is 18.8 Å². The predicted molar refractivity (Wildman–Crippen MR) is 114 cm³/mol. The van der Waals surface area contributed by atoms with Gasteiger partial charge in [0.05, 0.1) is 12.3 Å². The number of carbonyl (C=O) groups excluding carboxylic acids is 1. The third-order valence-corrected chi connectivity index (χ3v) is 7.18. The van der Waals surface area contributed by atoms with Gasteiger partial charge in [-0.2, -0.15) is 0 Å². The lowest BCUT2D eigenvalue weighted by atomic mass is 9.85. The molecule has 2 fully saturated rings. The number of guanidine groups is 1. The first-order chi connectivity index (χ1) is 14.4. The van der Waals surface area contributed by atoms with Crippen LogP contribution in [0.15, 0.2) is 34.2 Å². The van der Waals surface area contributed by atoms with Gasteiger partial charge >= 0.3 is 0 Å². The van der Waals surface area contributed by atoms with E-state index in [4.69, 9.17) is 0 Å². The SMILES string of the molecule is CCNC(=NCCS(=O)(=O)c1ccccc1F)NC1CCCC(C(=O)NC2CC2)C1. The van der Waals surface area contributed by atoms with Crippen LogP contribution in [0, 0.1) is 11.7 Å². The Kier molecular flexibility index (Phi) is 7.69. The van der Waals surface area contributed by atoms with Crippen LogP contribution in [0.1, 0.15) is 45.4 Å². The van der Waals surface area contributed by atoms with Gasteiger partial charge < -0.3 is 16.0 Å². The number of benzene rings is 1. The normalized spacial score (nSPS) is 22.4. The van der Waals surface area contributed by atoms with E-state index >= 15 is 0 Å². The largest absolute Gasteiger partial charge is 0.357 e. The van der Waals surface area contributed by atoms with E-state index in [0.717, 1.165) is 44.6 Å². The summed E-state index contributed by atoms with van der Waals surface area (Å²) in [7, 11) is -3.75. The van der Waals surface area contributed by atoms with E-state index in [-0.39, 0.29) is 35.1 Å². The lowest BCUT2D eigenvalue weighted by Crippen LogP contribution is -2.47. The highest BCUT2D eigenvalue weighted by molar-refractivity contribution is 7.91. The summed E-state index contributed by atoms with van der Waals surface area (Å²) in [6.45, 7) is 2.58. The average Bonchev–Trinajstić information content (AvgIpc) is 3.52. The quantitative estimate of drug-likeness (QED) is 0.426. The maximum Gasteiger partial charge on any atom is 0.223 e. The van der Waals surface area contributed by atoms with Gasteiger partial charge in [0.25, 0.3) is 0 Å². The molecule has 0 saturated heterocycles. The summed E-state index contributed by atoms with van der Waals surface area (Å²) >= 11 is 0. The summed E-state index contributed by atoms with van der Waals surface area (Å²) in [4.78, 5) is 16.4. The van der Waals surface area contributed by atoms with Gasteiger partial charge in [-0.15, -0.1) is 0 Å². The van der Waals surface area contributed by atoms with E-state index < -0.39 is 15.7 Å². The molecule has 9 heteroatoms. The Hall–Kier alpha value is -2.16. The van der Waals surface area contributed by atoms with Crippen LogP contribution in [-0.4, -0.2) is 51.2 Å².